The lowest BCUT2D eigenvalue weighted by Gasteiger charge is -2.24. The Bertz CT molecular complexity index is 72.6. The second kappa shape index (κ2) is 3.79. The number of hydrogen-bond acceptors (Lipinski definition) is 4. The van der Waals surface area contributed by atoms with Gasteiger partial charge >= 0.3 is 0 Å². The van der Waals surface area contributed by atoms with Gasteiger partial charge in [-0.25, -0.2) is 0 Å². The number of aliphatic hydroxyl groups excluding tert-OH is 3. The van der Waals surface area contributed by atoms with E-state index in [1.165, 1.54) is 0 Å². The van der Waals surface area contributed by atoms with Gasteiger partial charge in [-0.3, -0.25) is 5.32 Å². The van der Waals surface area contributed by atoms with Crippen LogP contribution in [0.1, 0.15) is 6.92 Å². The van der Waals surface area contributed by atoms with Crippen LogP contribution in [0.15, 0.2) is 0 Å². The van der Waals surface area contributed by atoms with Gasteiger partial charge in [-0.15, -0.1) is 0 Å². The maximum atomic E-state index is 8.58. The van der Waals surface area contributed by atoms with Crippen LogP contribution >= 0.6 is 0 Å². The van der Waals surface area contributed by atoms with E-state index in [2.05, 4.69) is 5.32 Å². The summed E-state index contributed by atoms with van der Waals surface area (Å²) in [7, 11) is 0. The van der Waals surface area contributed by atoms with Crippen LogP contribution in [-0.2, 0) is 0 Å². The zero-order valence-corrected chi connectivity index (χ0v) is 5.46. The number of hydrogen-bond donors (Lipinski definition) is 4. The minimum absolute atomic E-state index is 0.190. The number of aliphatic hydroxyl groups is 3. The third-order valence-electron chi connectivity index (χ3n) is 1.20. The molecular formula is C5H13NO3. The van der Waals surface area contributed by atoms with Crippen molar-refractivity contribution in [3.63, 3.8) is 0 Å². The van der Waals surface area contributed by atoms with Gasteiger partial charge in [0.15, 0.2) is 0 Å². The van der Waals surface area contributed by atoms with E-state index in [4.69, 9.17) is 15.3 Å². The smallest absolute Gasteiger partial charge is 0.0937 e. The van der Waals surface area contributed by atoms with E-state index in [0.29, 0.717) is 0 Å². The first-order valence-corrected chi connectivity index (χ1v) is 2.76. The standard InChI is InChI=1S/C5H13NO3/c1-5(2-7,3-8)6-4-9/h6-9H,2-4H2,1H3. The molecule has 0 spiro atoms. The molecule has 0 saturated heterocycles. The van der Waals surface area contributed by atoms with Gasteiger partial charge in [0.25, 0.3) is 0 Å². The number of nitrogens with one attached hydrogen (secondary N) is 1. The van der Waals surface area contributed by atoms with E-state index in [9.17, 15) is 0 Å². The Kier molecular flexibility index (Phi) is 3.72. The van der Waals surface area contributed by atoms with Crippen molar-refractivity contribution in [3.8, 4) is 0 Å². The fourth-order valence-corrected chi connectivity index (χ4v) is 0.353. The van der Waals surface area contributed by atoms with E-state index in [1.807, 2.05) is 0 Å². The molecule has 0 aliphatic rings. The largest absolute Gasteiger partial charge is 0.394 e. The zero-order valence-electron chi connectivity index (χ0n) is 5.46. The van der Waals surface area contributed by atoms with Crippen molar-refractivity contribution in [2.24, 2.45) is 0 Å². The Morgan fingerprint density at radius 3 is 1.78 bits per heavy atom. The van der Waals surface area contributed by atoms with Gasteiger partial charge < -0.3 is 15.3 Å². The molecule has 0 radical (unpaired) electrons. The van der Waals surface area contributed by atoms with Crippen molar-refractivity contribution < 1.29 is 15.3 Å². The molecule has 0 unspecified atom stereocenters. The molecule has 9 heavy (non-hydrogen) atoms. The normalized spacial score (nSPS) is 12.0. The van der Waals surface area contributed by atoms with Crippen LogP contribution in [0.5, 0.6) is 0 Å². The maximum Gasteiger partial charge on any atom is 0.0937 e. The molecule has 0 saturated carbocycles. The first-order chi connectivity index (χ1) is 4.18. The molecule has 4 N–H and O–H groups in total. The van der Waals surface area contributed by atoms with Crippen LogP contribution in [0.4, 0.5) is 0 Å². The average Bonchev–Trinajstić information content (AvgIpc) is 1.89. The highest BCUT2D eigenvalue weighted by Gasteiger charge is 2.19. The molecule has 0 aromatic rings. The predicted octanol–water partition coefficient (Wildman–Crippen LogP) is -1.73. The van der Waals surface area contributed by atoms with Crippen LogP contribution in [0, 0.1) is 0 Å². The molecule has 0 atom stereocenters. The van der Waals surface area contributed by atoms with Gasteiger partial charge in [0, 0.05) is 0 Å². The molecule has 0 rings (SSSR count). The van der Waals surface area contributed by atoms with Crippen molar-refractivity contribution in [3.05, 3.63) is 0 Å². The Morgan fingerprint density at radius 2 is 1.67 bits per heavy atom. The molecule has 56 valence electrons. The monoisotopic (exact) mass is 135 g/mol. The summed E-state index contributed by atoms with van der Waals surface area (Å²) in [6.45, 7) is 0.995. The molecule has 0 aliphatic heterocycles. The van der Waals surface area contributed by atoms with Gasteiger partial charge in [-0.05, 0) is 6.92 Å². The minimum Gasteiger partial charge on any atom is -0.394 e. The van der Waals surface area contributed by atoms with Crippen LogP contribution in [0.3, 0.4) is 0 Å². The molecule has 4 heteroatoms. The summed E-state index contributed by atoms with van der Waals surface area (Å²) in [4.78, 5) is 0. The fourth-order valence-electron chi connectivity index (χ4n) is 0.353. The van der Waals surface area contributed by atoms with E-state index in [1.54, 1.807) is 6.92 Å². The maximum absolute atomic E-state index is 8.58. The quantitative estimate of drug-likeness (QED) is 0.346. The van der Waals surface area contributed by atoms with Gasteiger partial charge in [0.2, 0.25) is 0 Å². The summed E-state index contributed by atoms with van der Waals surface area (Å²) in [5, 5.41) is 28.0. The second-order valence-electron chi connectivity index (χ2n) is 2.21. The molecule has 0 heterocycles. The summed E-state index contributed by atoms with van der Waals surface area (Å²) in [6, 6.07) is 0. The Balaban J connectivity index is 3.62. The molecular weight excluding hydrogens is 122 g/mol. The summed E-state index contributed by atoms with van der Waals surface area (Å²) in [6.07, 6.45) is 0. The predicted molar refractivity (Wildman–Crippen MR) is 32.8 cm³/mol. The van der Waals surface area contributed by atoms with Crippen molar-refractivity contribution in [1.29, 1.82) is 0 Å². The molecule has 0 aromatic heterocycles. The highest BCUT2D eigenvalue weighted by atomic mass is 16.3. The number of rotatable bonds is 4. The van der Waals surface area contributed by atoms with Crippen LogP contribution in [-0.4, -0.2) is 40.8 Å². The molecule has 4 nitrogen and oxygen atoms in total. The topological polar surface area (TPSA) is 72.7 Å². The minimum atomic E-state index is -0.755. The summed E-state index contributed by atoms with van der Waals surface area (Å²) in [5.74, 6) is 0. The Morgan fingerprint density at radius 1 is 1.22 bits per heavy atom. The van der Waals surface area contributed by atoms with E-state index >= 15 is 0 Å². The van der Waals surface area contributed by atoms with Gasteiger partial charge in [0.1, 0.15) is 0 Å². The summed E-state index contributed by atoms with van der Waals surface area (Å²) >= 11 is 0. The van der Waals surface area contributed by atoms with Crippen LogP contribution in [0.2, 0.25) is 0 Å². The second-order valence-corrected chi connectivity index (χ2v) is 2.21. The lowest BCUT2D eigenvalue weighted by Crippen LogP contribution is -2.49. The van der Waals surface area contributed by atoms with E-state index in [-0.39, 0.29) is 19.9 Å². The van der Waals surface area contributed by atoms with Crippen molar-refractivity contribution in [1.82, 2.24) is 5.32 Å². The van der Waals surface area contributed by atoms with Crippen LogP contribution in [0.25, 0.3) is 0 Å². The highest BCUT2D eigenvalue weighted by Crippen LogP contribution is 1.98. The van der Waals surface area contributed by atoms with Crippen molar-refractivity contribution in [2.75, 3.05) is 19.9 Å². The summed E-state index contributed by atoms with van der Waals surface area (Å²) < 4.78 is 0. The first kappa shape index (κ1) is 8.84. The van der Waals surface area contributed by atoms with E-state index in [0.717, 1.165) is 0 Å². The average molecular weight is 135 g/mol. The van der Waals surface area contributed by atoms with Crippen LogP contribution < -0.4 is 5.32 Å². The molecule has 0 aromatic carbocycles. The Hall–Kier alpha value is -0.160. The molecule has 0 amide bonds. The van der Waals surface area contributed by atoms with Crippen molar-refractivity contribution in [2.45, 2.75) is 12.5 Å². The zero-order chi connectivity index (χ0) is 7.33. The fraction of sp³-hybridized carbons (Fsp3) is 1.00. The first-order valence-electron chi connectivity index (χ1n) is 2.76. The third-order valence-corrected chi connectivity index (χ3v) is 1.20. The van der Waals surface area contributed by atoms with Crippen molar-refractivity contribution >= 4 is 0 Å². The molecule has 0 bridgehead atoms. The third kappa shape index (κ3) is 2.76. The lowest BCUT2D eigenvalue weighted by atomic mass is 10.1. The summed E-state index contributed by atoms with van der Waals surface area (Å²) in [5.41, 5.74) is -0.755. The van der Waals surface area contributed by atoms with Gasteiger partial charge in [-0.2, -0.15) is 0 Å². The lowest BCUT2D eigenvalue weighted by molar-refractivity contribution is 0.0785. The SMILES string of the molecule is CC(CO)(CO)NCO. The van der Waals surface area contributed by atoms with Gasteiger partial charge in [0.05, 0.1) is 25.5 Å². The highest BCUT2D eigenvalue weighted by molar-refractivity contribution is 4.79. The Labute approximate surface area is 54.1 Å². The van der Waals surface area contributed by atoms with E-state index < -0.39 is 5.54 Å². The molecule has 0 aliphatic carbocycles. The molecule has 0 fully saturated rings. The van der Waals surface area contributed by atoms with Gasteiger partial charge in [-0.1, -0.05) is 0 Å².